The predicted molar refractivity (Wildman–Crippen MR) is 72.0 cm³/mol. The summed E-state index contributed by atoms with van der Waals surface area (Å²) >= 11 is 0. The molecule has 19 heavy (non-hydrogen) atoms. The zero-order valence-electron chi connectivity index (χ0n) is 10.7. The molecule has 0 saturated heterocycles. The van der Waals surface area contributed by atoms with Crippen LogP contribution in [0.25, 0.3) is 0 Å². The second-order valence-corrected chi connectivity index (χ2v) is 4.06. The van der Waals surface area contributed by atoms with Gasteiger partial charge >= 0.3 is 0 Å². The fraction of sp³-hybridized carbons (Fsp3) is 0.214. The van der Waals surface area contributed by atoms with Gasteiger partial charge in [0.2, 0.25) is 5.91 Å². The highest BCUT2D eigenvalue weighted by atomic mass is 16.2. The average molecular weight is 260 g/mol. The first-order valence-corrected chi connectivity index (χ1v) is 5.83. The third-order valence-corrected chi connectivity index (χ3v) is 2.45. The molecule has 100 valence electrons. The second kappa shape index (κ2) is 7.10. The molecule has 1 unspecified atom stereocenters. The fourth-order valence-corrected chi connectivity index (χ4v) is 1.41. The topological polar surface area (TPSA) is 75.3 Å². The average Bonchev–Trinajstić information content (AvgIpc) is 2.44. The number of rotatable bonds is 6. The summed E-state index contributed by atoms with van der Waals surface area (Å²) < 4.78 is 0. The second-order valence-electron chi connectivity index (χ2n) is 4.06. The van der Waals surface area contributed by atoms with Crippen molar-refractivity contribution in [2.24, 2.45) is 0 Å². The number of benzene rings is 1. The van der Waals surface area contributed by atoms with E-state index in [9.17, 15) is 14.4 Å². The highest BCUT2D eigenvalue weighted by molar-refractivity contribution is 5.95. The van der Waals surface area contributed by atoms with Crippen molar-refractivity contribution in [3.8, 4) is 0 Å². The van der Waals surface area contributed by atoms with Gasteiger partial charge in [-0.2, -0.15) is 0 Å². The van der Waals surface area contributed by atoms with Crippen LogP contribution in [0.3, 0.4) is 0 Å². The Kier molecular flexibility index (Phi) is 5.47. The number of amides is 2. The SMILES string of the molecule is C=CC(=O)NC(C)CNC(=O)c1ccc(C=O)cc1. The predicted octanol–water partition coefficient (Wildman–Crippen LogP) is 0.920. The lowest BCUT2D eigenvalue weighted by molar-refractivity contribution is -0.117. The molecular formula is C14H16N2O3. The number of hydrogen-bond donors (Lipinski definition) is 2. The van der Waals surface area contributed by atoms with Gasteiger partial charge in [-0.15, -0.1) is 0 Å². The lowest BCUT2D eigenvalue weighted by Gasteiger charge is -2.13. The molecule has 2 amide bonds. The van der Waals surface area contributed by atoms with Crippen LogP contribution >= 0.6 is 0 Å². The molecule has 0 heterocycles. The minimum absolute atomic E-state index is 0.191. The maximum absolute atomic E-state index is 11.8. The molecule has 0 fully saturated rings. The van der Waals surface area contributed by atoms with Gasteiger partial charge in [0.05, 0.1) is 0 Å². The summed E-state index contributed by atoms with van der Waals surface area (Å²) in [5.74, 6) is -0.533. The van der Waals surface area contributed by atoms with Crippen LogP contribution in [-0.2, 0) is 4.79 Å². The Morgan fingerprint density at radius 1 is 1.32 bits per heavy atom. The molecule has 5 nitrogen and oxygen atoms in total. The van der Waals surface area contributed by atoms with Crippen LogP contribution in [0, 0.1) is 0 Å². The Balaban J connectivity index is 2.48. The van der Waals surface area contributed by atoms with Gasteiger partial charge in [0.1, 0.15) is 6.29 Å². The minimum atomic E-state index is -0.280. The van der Waals surface area contributed by atoms with Crippen molar-refractivity contribution in [3.63, 3.8) is 0 Å². The fourth-order valence-electron chi connectivity index (χ4n) is 1.41. The van der Waals surface area contributed by atoms with Gasteiger partial charge in [-0.05, 0) is 25.1 Å². The summed E-state index contributed by atoms with van der Waals surface area (Å²) in [5.41, 5.74) is 0.982. The number of carbonyl (C=O) groups excluding carboxylic acids is 3. The quantitative estimate of drug-likeness (QED) is 0.590. The Hall–Kier alpha value is -2.43. The van der Waals surface area contributed by atoms with Crippen molar-refractivity contribution in [1.29, 1.82) is 0 Å². The van der Waals surface area contributed by atoms with Gasteiger partial charge in [-0.1, -0.05) is 18.7 Å². The maximum atomic E-state index is 11.8. The number of aldehydes is 1. The third-order valence-electron chi connectivity index (χ3n) is 2.45. The summed E-state index contributed by atoms with van der Waals surface area (Å²) in [6.07, 6.45) is 1.89. The van der Waals surface area contributed by atoms with Crippen LogP contribution in [0.15, 0.2) is 36.9 Å². The van der Waals surface area contributed by atoms with Crippen LogP contribution in [-0.4, -0.2) is 30.7 Å². The lowest BCUT2D eigenvalue weighted by Crippen LogP contribution is -2.41. The van der Waals surface area contributed by atoms with Crippen molar-refractivity contribution in [2.45, 2.75) is 13.0 Å². The van der Waals surface area contributed by atoms with Crippen LogP contribution in [0.1, 0.15) is 27.6 Å². The van der Waals surface area contributed by atoms with E-state index in [2.05, 4.69) is 17.2 Å². The summed E-state index contributed by atoms with van der Waals surface area (Å²) in [6, 6.07) is 6.11. The van der Waals surface area contributed by atoms with Gasteiger partial charge in [0.15, 0.2) is 0 Å². The molecular weight excluding hydrogens is 244 g/mol. The van der Waals surface area contributed by atoms with Gasteiger partial charge in [0.25, 0.3) is 5.91 Å². The lowest BCUT2D eigenvalue weighted by atomic mass is 10.1. The Labute approximate surface area is 111 Å². The zero-order valence-corrected chi connectivity index (χ0v) is 10.7. The van der Waals surface area contributed by atoms with E-state index in [1.165, 1.54) is 6.08 Å². The summed E-state index contributed by atoms with van der Waals surface area (Å²) in [6.45, 7) is 5.43. The molecule has 0 aromatic heterocycles. The molecule has 1 aromatic rings. The van der Waals surface area contributed by atoms with E-state index in [0.29, 0.717) is 24.0 Å². The van der Waals surface area contributed by atoms with Crippen molar-refractivity contribution in [2.75, 3.05) is 6.54 Å². The van der Waals surface area contributed by atoms with Crippen molar-refractivity contribution < 1.29 is 14.4 Å². The van der Waals surface area contributed by atoms with Gasteiger partial charge in [-0.25, -0.2) is 0 Å². The number of nitrogens with one attached hydrogen (secondary N) is 2. The standard InChI is InChI=1S/C14H16N2O3/c1-3-13(18)16-10(2)8-15-14(19)12-6-4-11(9-17)5-7-12/h3-7,9-10H,1,8H2,2H3,(H,15,19)(H,16,18). The Bertz CT molecular complexity index is 480. The van der Waals surface area contributed by atoms with Crippen LogP contribution < -0.4 is 10.6 Å². The van der Waals surface area contributed by atoms with Crippen LogP contribution in [0.4, 0.5) is 0 Å². The van der Waals surface area contributed by atoms with E-state index in [-0.39, 0.29) is 17.9 Å². The molecule has 0 aliphatic rings. The molecule has 2 N–H and O–H groups in total. The normalized spacial score (nSPS) is 11.2. The molecule has 0 saturated carbocycles. The van der Waals surface area contributed by atoms with Crippen molar-refractivity contribution in [3.05, 3.63) is 48.0 Å². The molecule has 0 bridgehead atoms. The maximum Gasteiger partial charge on any atom is 0.251 e. The monoisotopic (exact) mass is 260 g/mol. The van der Waals surface area contributed by atoms with E-state index < -0.39 is 0 Å². The van der Waals surface area contributed by atoms with Crippen LogP contribution in [0.5, 0.6) is 0 Å². The number of hydrogen-bond acceptors (Lipinski definition) is 3. The van der Waals surface area contributed by atoms with Gasteiger partial charge in [0, 0.05) is 23.7 Å². The molecule has 5 heteroatoms. The molecule has 0 aliphatic carbocycles. The van der Waals surface area contributed by atoms with E-state index in [0.717, 1.165) is 0 Å². The zero-order chi connectivity index (χ0) is 14.3. The van der Waals surface area contributed by atoms with Crippen molar-refractivity contribution >= 4 is 18.1 Å². The molecule has 0 radical (unpaired) electrons. The Morgan fingerprint density at radius 3 is 2.47 bits per heavy atom. The smallest absolute Gasteiger partial charge is 0.251 e. The van der Waals surface area contributed by atoms with Gasteiger partial charge < -0.3 is 10.6 Å². The molecule has 0 aliphatic heterocycles. The van der Waals surface area contributed by atoms with Crippen molar-refractivity contribution in [1.82, 2.24) is 10.6 Å². The highest BCUT2D eigenvalue weighted by Crippen LogP contribution is 2.02. The van der Waals surface area contributed by atoms with E-state index >= 15 is 0 Å². The first kappa shape index (κ1) is 14.6. The van der Waals surface area contributed by atoms with E-state index in [4.69, 9.17) is 0 Å². The first-order valence-electron chi connectivity index (χ1n) is 5.83. The summed E-state index contributed by atoms with van der Waals surface area (Å²) in [7, 11) is 0. The highest BCUT2D eigenvalue weighted by Gasteiger charge is 2.08. The molecule has 1 aromatic carbocycles. The molecule has 1 atom stereocenters. The Morgan fingerprint density at radius 2 is 1.95 bits per heavy atom. The van der Waals surface area contributed by atoms with Crippen LogP contribution in [0.2, 0.25) is 0 Å². The molecule has 1 rings (SSSR count). The van der Waals surface area contributed by atoms with E-state index in [1.807, 2.05) is 0 Å². The summed E-state index contributed by atoms with van der Waals surface area (Å²) in [4.78, 5) is 33.3. The first-order chi connectivity index (χ1) is 9.06. The third kappa shape index (κ3) is 4.75. The number of carbonyl (C=O) groups is 3. The molecule has 0 spiro atoms. The van der Waals surface area contributed by atoms with Gasteiger partial charge in [-0.3, -0.25) is 14.4 Å². The van der Waals surface area contributed by atoms with E-state index in [1.54, 1.807) is 31.2 Å². The summed E-state index contributed by atoms with van der Waals surface area (Å²) in [5, 5.41) is 5.33. The largest absolute Gasteiger partial charge is 0.350 e. The minimum Gasteiger partial charge on any atom is -0.350 e.